The van der Waals surface area contributed by atoms with E-state index in [4.69, 9.17) is 5.73 Å². The third-order valence-electron chi connectivity index (χ3n) is 2.21. The Labute approximate surface area is 98.3 Å². The highest BCUT2D eigenvalue weighted by molar-refractivity contribution is 6.01. The first-order chi connectivity index (χ1) is 8.19. The maximum absolute atomic E-state index is 11.8. The summed E-state index contributed by atoms with van der Waals surface area (Å²) >= 11 is 0. The molecule has 1 amide bonds. The Morgan fingerprint density at radius 2 is 2.35 bits per heavy atom. The SMILES string of the molecule is CCc1nc(C(=O)Nc2cccc(N)c2)n[nH]1. The van der Waals surface area contributed by atoms with Crippen LogP contribution in [0.5, 0.6) is 0 Å². The van der Waals surface area contributed by atoms with Crippen LogP contribution in [0.1, 0.15) is 23.4 Å². The molecule has 0 aliphatic rings. The van der Waals surface area contributed by atoms with Gasteiger partial charge in [-0.05, 0) is 18.2 Å². The minimum absolute atomic E-state index is 0.129. The van der Waals surface area contributed by atoms with E-state index in [1.54, 1.807) is 24.3 Å². The first-order valence-corrected chi connectivity index (χ1v) is 5.27. The lowest BCUT2D eigenvalue weighted by Crippen LogP contribution is -2.13. The molecule has 0 aliphatic heterocycles. The highest BCUT2D eigenvalue weighted by Crippen LogP contribution is 2.12. The summed E-state index contributed by atoms with van der Waals surface area (Å²) in [6, 6.07) is 6.94. The van der Waals surface area contributed by atoms with Gasteiger partial charge >= 0.3 is 0 Å². The highest BCUT2D eigenvalue weighted by atomic mass is 16.2. The van der Waals surface area contributed by atoms with E-state index >= 15 is 0 Å². The van der Waals surface area contributed by atoms with Crippen molar-refractivity contribution in [3.8, 4) is 0 Å². The number of aryl methyl sites for hydroxylation is 1. The fourth-order valence-corrected chi connectivity index (χ4v) is 1.36. The van der Waals surface area contributed by atoms with Crippen LogP contribution in [0.25, 0.3) is 0 Å². The van der Waals surface area contributed by atoms with Crippen molar-refractivity contribution in [1.29, 1.82) is 0 Å². The van der Waals surface area contributed by atoms with Crippen LogP contribution >= 0.6 is 0 Å². The molecule has 0 atom stereocenters. The molecule has 0 bridgehead atoms. The van der Waals surface area contributed by atoms with Crippen LogP contribution < -0.4 is 11.1 Å². The summed E-state index contributed by atoms with van der Waals surface area (Å²) in [4.78, 5) is 15.8. The van der Waals surface area contributed by atoms with Crippen LogP contribution in [0.2, 0.25) is 0 Å². The Kier molecular flexibility index (Phi) is 3.04. The van der Waals surface area contributed by atoms with Crippen LogP contribution in [0.15, 0.2) is 24.3 Å². The lowest BCUT2D eigenvalue weighted by molar-refractivity contribution is 0.101. The molecular formula is C11H13N5O. The molecule has 17 heavy (non-hydrogen) atoms. The summed E-state index contributed by atoms with van der Waals surface area (Å²) in [5, 5.41) is 9.19. The molecule has 0 fully saturated rings. The minimum Gasteiger partial charge on any atom is -0.399 e. The number of aromatic amines is 1. The third kappa shape index (κ3) is 2.60. The van der Waals surface area contributed by atoms with Crippen LogP contribution in [-0.2, 0) is 6.42 Å². The van der Waals surface area contributed by atoms with Gasteiger partial charge in [0.1, 0.15) is 5.82 Å². The van der Waals surface area contributed by atoms with Crippen molar-refractivity contribution >= 4 is 17.3 Å². The van der Waals surface area contributed by atoms with Crippen LogP contribution in [0.3, 0.4) is 0 Å². The van der Waals surface area contributed by atoms with Gasteiger partial charge in [-0.15, -0.1) is 5.10 Å². The quantitative estimate of drug-likeness (QED) is 0.691. The van der Waals surface area contributed by atoms with Gasteiger partial charge in [0, 0.05) is 17.8 Å². The van der Waals surface area contributed by atoms with Crippen molar-refractivity contribution in [2.45, 2.75) is 13.3 Å². The van der Waals surface area contributed by atoms with Gasteiger partial charge in [-0.25, -0.2) is 4.98 Å². The highest BCUT2D eigenvalue weighted by Gasteiger charge is 2.11. The van der Waals surface area contributed by atoms with Gasteiger partial charge < -0.3 is 11.1 Å². The summed E-state index contributed by atoms with van der Waals surface area (Å²) in [6.45, 7) is 1.93. The second-order valence-corrected chi connectivity index (χ2v) is 3.54. The van der Waals surface area contributed by atoms with Crippen molar-refractivity contribution in [1.82, 2.24) is 15.2 Å². The Morgan fingerprint density at radius 1 is 1.53 bits per heavy atom. The number of amides is 1. The number of H-pyrrole nitrogens is 1. The third-order valence-corrected chi connectivity index (χ3v) is 2.21. The van der Waals surface area contributed by atoms with Gasteiger partial charge in [0.25, 0.3) is 5.91 Å². The van der Waals surface area contributed by atoms with Gasteiger partial charge in [0.15, 0.2) is 0 Å². The van der Waals surface area contributed by atoms with Crippen molar-refractivity contribution in [2.75, 3.05) is 11.1 Å². The second kappa shape index (κ2) is 4.65. The molecule has 0 saturated carbocycles. The molecule has 0 aliphatic carbocycles. The molecule has 1 heterocycles. The number of rotatable bonds is 3. The van der Waals surface area contributed by atoms with Gasteiger partial charge in [-0.2, -0.15) is 0 Å². The molecule has 6 nitrogen and oxygen atoms in total. The fraction of sp³-hybridized carbons (Fsp3) is 0.182. The number of aromatic nitrogens is 3. The zero-order valence-corrected chi connectivity index (χ0v) is 9.40. The van der Waals surface area contributed by atoms with Crippen molar-refractivity contribution in [3.05, 3.63) is 35.9 Å². The average Bonchev–Trinajstić information content (AvgIpc) is 2.77. The minimum atomic E-state index is -0.355. The second-order valence-electron chi connectivity index (χ2n) is 3.54. The molecule has 0 unspecified atom stereocenters. The Hall–Kier alpha value is -2.37. The van der Waals surface area contributed by atoms with E-state index in [-0.39, 0.29) is 11.7 Å². The topological polar surface area (TPSA) is 96.7 Å². The van der Waals surface area contributed by atoms with E-state index in [0.717, 1.165) is 0 Å². The fourth-order valence-electron chi connectivity index (χ4n) is 1.36. The Balaban J connectivity index is 2.11. The van der Waals surface area contributed by atoms with Gasteiger partial charge in [-0.1, -0.05) is 13.0 Å². The molecule has 6 heteroatoms. The Morgan fingerprint density at radius 3 is 3.00 bits per heavy atom. The smallest absolute Gasteiger partial charge is 0.295 e. The number of carbonyl (C=O) groups is 1. The van der Waals surface area contributed by atoms with E-state index in [1.165, 1.54) is 0 Å². The summed E-state index contributed by atoms with van der Waals surface area (Å²) in [6.07, 6.45) is 0.707. The van der Waals surface area contributed by atoms with Crippen molar-refractivity contribution in [2.24, 2.45) is 0 Å². The predicted octanol–water partition coefficient (Wildman–Crippen LogP) is 1.20. The molecular weight excluding hydrogens is 218 g/mol. The lowest BCUT2D eigenvalue weighted by Gasteiger charge is -2.02. The maximum Gasteiger partial charge on any atom is 0.295 e. The van der Waals surface area contributed by atoms with Gasteiger partial charge in [0.05, 0.1) is 0 Å². The van der Waals surface area contributed by atoms with Gasteiger partial charge in [0.2, 0.25) is 5.82 Å². The van der Waals surface area contributed by atoms with E-state index in [9.17, 15) is 4.79 Å². The number of nitrogens with two attached hydrogens (primary N) is 1. The molecule has 1 aromatic carbocycles. The zero-order chi connectivity index (χ0) is 12.3. The number of carbonyl (C=O) groups excluding carboxylic acids is 1. The molecule has 2 rings (SSSR count). The van der Waals surface area contributed by atoms with Crippen molar-refractivity contribution in [3.63, 3.8) is 0 Å². The van der Waals surface area contributed by atoms with Gasteiger partial charge in [-0.3, -0.25) is 9.89 Å². The average molecular weight is 231 g/mol. The number of nitrogens with zero attached hydrogens (tertiary/aromatic N) is 2. The molecule has 88 valence electrons. The summed E-state index contributed by atoms with van der Waals surface area (Å²) < 4.78 is 0. The number of hydrogen-bond acceptors (Lipinski definition) is 4. The molecule has 1 aromatic heterocycles. The number of nitrogens with one attached hydrogen (secondary N) is 2. The van der Waals surface area contributed by atoms with Crippen LogP contribution in [0.4, 0.5) is 11.4 Å². The number of benzene rings is 1. The van der Waals surface area contributed by atoms with Crippen LogP contribution in [-0.4, -0.2) is 21.1 Å². The number of hydrogen-bond donors (Lipinski definition) is 3. The predicted molar refractivity (Wildman–Crippen MR) is 64.6 cm³/mol. The lowest BCUT2D eigenvalue weighted by atomic mass is 10.3. The summed E-state index contributed by atoms with van der Waals surface area (Å²) in [7, 11) is 0. The van der Waals surface area contributed by atoms with E-state index in [0.29, 0.717) is 23.6 Å². The van der Waals surface area contributed by atoms with Crippen LogP contribution in [0, 0.1) is 0 Å². The molecule has 0 radical (unpaired) electrons. The summed E-state index contributed by atoms with van der Waals surface area (Å²) in [5.41, 5.74) is 6.82. The van der Waals surface area contributed by atoms with Crippen molar-refractivity contribution < 1.29 is 4.79 Å². The molecule has 0 saturated heterocycles. The summed E-state index contributed by atoms with van der Waals surface area (Å²) in [5.74, 6) is 0.457. The molecule has 0 spiro atoms. The molecule has 2 aromatic rings. The first-order valence-electron chi connectivity index (χ1n) is 5.27. The Bertz CT molecular complexity index is 534. The first kappa shape index (κ1) is 11.1. The molecule has 4 N–H and O–H groups in total. The van der Waals surface area contributed by atoms with E-state index in [1.807, 2.05) is 6.92 Å². The standard InChI is InChI=1S/C11H13N5O/c1-2-9-14-10(16-15-9)11(17)13-8-5-3-4-7(12)6-8/h3-6H,2,12H2,1H3,(H,13,17)(H,14,15,16). The monoisotopic (exact) mass is 231 g/mol. The number of nitrogen functional groups attached to an aromatic ring is 1. The van der Waals surface area contributed by atoms with E-state index < -0.39 is 0 Å². The number of anilines is 2. The largest absolute Gasteiger partial charge is 0.399 e. The van der Waals surface area contributed by atoms with E-state index in [2.05, 4.69) is 20.5 Å². The zero-order valence-electron chi connectivity index (χ0n) is 9.40. The maximum atomic E-state index is 11.8. The normalized spacial score (nSPS) is 10.2.